The van der Waals surface area contributed by atoms with Gasteiger partial charge in [0.1, 0.15) is 0 Å². The Bertz CT molecular complexity index is 1100. The first-order valence-corrected chi connectivity index (χ1v) is 12.1. The maximum absolute atomic E-state index is 12.7. The highest BCUT2D eigenvalue weighted by Crippen LogP contribution is 2.20. The fourth-order valence-corrected chi connectivity index (χ4v) is 4.77. The summed E-state index contributed by atoms with van der Waals surface area (Å²) in [7, 11) is -3.73. The first-order chi connectivity index (χ1) is 15.6. The predicted octanol–water partition coefficient (Wildman–Crippen LogP) is 2.40. The highest BCUT2D eigenvalue weighted by Gasteiger charge is 2.23. The van der Waals surface area contributed by atoms with Gasteiger partial charge < -0.3 is 5.32 Å². The van der Waals surface area contributed by atoms with Crippen LogP contribution in [-0.4, -0.2) is 43.5 Å². The van der Waals surface area contributed by atoms with Crippen LogP contribution in [0.15, 0.2) is 53.4 Å². The molecule has 1 atom stereocenters. The Morgan fingerprint density at radius 1 is 1.00 bits per heavy atom. The van der Waals surface area contributed by atoms with Gasteiger partial charge >= 0.3 is 0 Å². The van der Waals surface area contributed by atoms with Gasteiger partial charge in [-0.1, -0.05) is 43.6 Å². The molecule has 33 heavy (non-hydrogen) atoms. The lowest BCUT2D eigenvalue weighted by atomic mass is 10.0. The first-order valence-electron chi connectivity index (χ1n) is 10.3. The maximum atomic E-state index is 12.7. The van der Waals surface area contributed by atoms with E-state index in [9.17, 15) is 22.8 Å². The number of carbonyl (C=O) groups excluding carboxylic acids is 3. The number of hydrazine groups is 1. The van der Waals surface area contributed by atoms with Gasteiger partial charge in [-0.3, -0.25) is 25.2 Å². The van der Waals surface area contributed by atoms with Gasteiger partial charge in [-0.05, 0) is 35.9 Å². The van der Waals surface area contributed by atoms with Crippen LogP contribution in [-0.2, 0) is 19.6 Å². The van der Waals surface area contributed by atoms with E-state index in [-0.39, 0.29) is 22.8 Å². The van der Waals surface area contributed by atoms with Crippen LogP contribution in [0.3, 0.4) is 0 Å². The molecule has 0 saturated heterocycles. The lowest BCUT2D eigenvalue weighted by Gasteiger charge is -2.19. The van der Waals surface area contributed by atoms with Crippen molar-refractivity contribution in [2.45, 2.75) is 38.1 Å². The molecule has 11 heteroatoms. The molecule has 1 unspecified atom stereocenters. The molecule has 2 rings (SSSR count). The normalized spacial score (nSPS) is 12.2. The number of carbonyl (C=O) groups is 3. The molecule has 2 aromatic carbocycles. The van der Waals surface area contributed by atoms with Crippen LogP contribution in [0.4, 0.5) is 0 Å². The highest BCUT2D eigenvalue weighted by atomic mass is 35.5. The van der Waals surface area contributed by atoms with Gasteiger partial charge in [0.25, 0.3) is 5.91 Å². The summed E-state index contributed by atoms with van der Waals surface area (Å²) in [6.45, 7) is 5.39. The number of halogens is 1. The van der Waals surface area contributed by atoms with Gasteiger partial charge in [0.2, 0.25) is 21.8 Å². The van der Waals surface area contributed by atoms with Gasteiger partial charge in [0.05, 0.1) is 17.4 Å². The molecular formula is C22H27ClN4O5S. The van der Waals surface area contributed by atoms with Crippen molar-refractivity contribution in [3.8, 4) is 0 Å². The Morgan fingerprint density at radius 2 is 1.64 bits per heavy atom. The van der Waals surface area contributed by atoms with Crippen molar-refractivity contribution in [1.82, 2.24) is 20.5 Å². The Labute approximate surface area is 198 Å². The fourth-order valence-electron chi connectivity index (χ4n) is 3.14. The van der Waals surface area contributed by atoms with Crippen LogP contribution in [0.1, 0.15) is 49.2 Å². The van der Waals surface area contributed by atoms with Crippen LogP contribution in [0.2, 0.25) is 5.02 Å². The van der Waals surface area contributed by atoms with Gasteiger partial charge in [-0.25, -0.2) is 8.42 Å². The SMILES string of the molecule is CCN(CC)S(=O)(=O)c1cccc(C(=O)NNC(=O)CC(NC(C)=O)c2ccc(Cl)cc2)c1. The van der Waals surface area contributed by atoms with Crippen molar-refractivity contribution >= 4 is 39.3 Å². The fraction of sp³-hybridized carbons (Fsp3) is 0.318. The monoisotopic (exact) mass is 494 g/mol. The van der Waals surface area contributed by atoms with Crippen molar-refractivity contribution in [3.05, 3.63) is 64.7 Å². The summed E-state index contributed by atoms with van der Waals surface area (Å²) in [5.41, 5.74) is 5.31. The maximum Gasteiger partial charge on any atom is 0.269 e. The van der Waals surface area contributed by atoms with E-state index in [4.69, 9.17) is 11.6 Å². The lowest BCUT2D eigenvalue weighted by molar-refractivity contribution is -0.123. The van der Waals surface area contributed by atoms with Gasteiger partial charge in [-0.2, -0.15) is 4.31 Å². The third-order valence-corrected chi connectivity index (χ3v) is 7.09. The second-order valence-electron chi connectivity index (χ2n) is 7.13. The van der Waals surface area contributed by atoms with Crippen molar-refractivity contribution in [1.29, 1.82) is 0 Å². The molecule has 0 radical (unpaired) electrons. The number of sulfonamides is 1. The molecule has 0 saturated carbocycles. The summed E-state index contributed by atoms with van der Waals surface area (Å²) in [4.78, 5) is 36.4. The molecule has 0 aliphatic rings. The minimum Gasteiger partial charge on any atom is -0.349 e. The summed E-state index contributed by atoms with van der Waals surface area (Å²) < 4.78 is 26.6. The van der Waals surface area contributed by atoms with Crippen LogP contribution in [0.5, 0.6) is 0 Å². The zero-order valence-electron chi connectivity index (χ0n) is 18.6. The number of nitrogens with one attached hydrogen (secondary N) is 3. The summed E-state index contributed by atoms with van der Waals surface area (Å²) in [6.07, 6.45) is -0.141. The molecule has 0 aliphatic carbocycles. The highest BCUT2D eigenvalue weighted by molar-refractivity contribution is 7.89. The van der Waals surface area contributed by atoms with Crippen molar-refractivity contribution in [2.24, 2.45) is 0 Å². The smallest absolute Gasteiger partial charge is 0.269 e. The van der Waals surface area contributed by atoms with Gasteiger partial charge in [0, 0.05) is 30.6 Å². The number of amides is 3. The van der Waals surface area contributed by atoms with Crippen LogP contribution >= 0.6 is 11.6 Å². The van der Waals surface area contributed by atoms with Crippen molar-refractivity contribution < 1.29 is 22.8 Å². The molecule has 2 aromatic rings. The Balaban J connectivity index is 2.06. The molecule has 0 aliphatic heterocycles. The molecule has 0 bridgehead atoms. The Kier molecular flexibility index (Phi) is 9.39. The van der Waals surface area contributed by atoms with Gasteiger partial charge in [0.15, 0.2) is 0 Å². The van der Waals surface area contributed by atoms with Crippen LogP contribution in [0.25, 0.3) is 0 Å². The lowest BCUT2D eigenvalue weighted by Crippen LogP contribution is -2.43. The van der Waals surface area contributed by atoms with E-state index < -0.39 is 27.9 Å². The first kappa shape index (κ1) is 26.3. The van der Waals surface area contributed by atoms with E-state index in [0.717, 1.165) is 0 Å². The van der Waals surface area contributed by atoms with E-state index in [0.29, 0.717) is 23.7 Å². The molecule has 3 amide bonds. The van der Waals surface area contributed by atoms with E-state index in [1.165, 1.54) is 35.5 Å². The third-order valence-electron chi connectivity index (χ3n) is 4.79. The van der Waals surface area contributed by atoms with Gasteiger partial charge in [-0.15, -0.1) is 0 Å². The summed E-state index contributed by atoms with van der Waals surface area (Å²) in [5, 5.41) is 3.20. The zero-order valence-corrected chi connectivity index (χ0v) is 20.2. The topological polar surface area (TPSA) is 125 Å². The Hall–Kier alpha value is -2.95. The average molecular weight is 495 g/mol. The van der Waals surface area contributed by atoms with Crippen LogP contribution < -0.4 is 16.2 Å². The molecule has 178 valence electrons. The molecule has 0 heterocycles. The molecule has 3 N–H and O–H groups in total. The number of rotatable bonds is 9. The molecule has 0 aromatic heterocycles. The van der Waals surface area contributed by atoms with Crippen LogP contribution in [0, 0.1) is 0 Å². The summed E-state index contributed by atoms with van der Waals surface area (Å²) in [5.74, 6) is -1.55. The molecular weight excluding hydrogens is 468 g/mol. The number of nitrogens with zero attached hydrogens (tertiary/aromatic N) is 1. The van der Waals surface area contributed by atoms with E-state index in [2.05, 4.69) is 16.2 Å². The van der Waals surface area contributed by atoms with E-state index in [1.54, 1.807) is 38.1 Å². The number of hydrogen-bond donors (Lipinski definition) is 3. The van der Waals surface area contributed by atoms with E-state index in [1.807, 2.05) is 0 Å². The minimum atomic E-state index is -3.73. The predicted molar refractivity (Wildman–Crippen MR) is 125 cm³/mol. The second kappa shape index (κ2) is 11.8. The van der Waals surface area contributed by atoms with E-state index >= 15 is 0 Å². The number of hydrogen-bond acceptors (Lipinski definition) is 5. The quantitative estimate of drug-likeness (QED) is 0.462. The minimum absolute atomic E-state index is 0.0152. The molecule has 9 nitrogen and oxygen atoms in total. The zero-order chi connectivity index (χ0) is 24.6. The number of benzene rings is 2. The molecule has 0 fully saturated rings. The molecule has 0 spiro atoms. The largest absolute Gasteiger partial charge is 0.349 e. The Morgan fingerprint density at radius 3 is 2.21 bits per heavy atom. The van der Waals surface area contributed by atoms with Crippen molar-refractivity contribution in [3.63, 3.8) is 0 Å². The third kappa shape index (κ3) is 7.28. The summed E-state index contributed by atoms with van der Waals surface area (Å²) >= 11 is 5.89. The second-order valence-corrected chi connectivity index (χ2v) is 9.50. The standard InChI is InChI=1S/C22H27ClN4O5S/c1-4-27(5-2)33(31,32)19-8-6-7-17(13-19)22(30)26-25-21(29)14-20(24-15(3)28)16-9-11-18(23)12-10-16/h6-13,20H,4-5,14H2,1-3H3,(H,24,28)(H,25,29)(H,26,30). The summed E-state index contributed by atoms with van der Waals surface area (Å²) in [6, 6.07) is 11.6. The average Bonchev–Trinajstić information content (AvgIpc) is 2.78. The van der Waals surface area contributed by atoms with Crippen molar-refractivity contribution in [2.75, 3.05) is 13.1 Å².